The number of morpholine rings is 1. The Balaban J connectivity index is 1.77. The number of rotatable bonds is 6. The van der Waals surface area contributed by atoms with Gasteiger partial charge in [-0.2, -0.15) is 4.31 Å². The maximum atomic E-state index is 13.2. The summed E-state index contributed by atoms with van der Waals surface area (Å²) in [5.41, 5.74) is 1.47. The quantitative estimate of drug-likeness (QED) is 0.518. The standard InChI is InChI=1S/C19H23N3O7S/c1-19(2)13-22(17(12-28-19)29-18(23)21-24)30(25,26)16-5-3-15(4-6-16)27-11-14-7-9-20-10-8-14/h3-10,17,24H,11-13H2,1-2H3,(H,21,23)/t17-/m1/s1. The number of sulfonamides is 1. The van der Waals surface area contributed by atoms with Crippen molar-refractivity contribution in [3.63, 3.8) is 0 Å². The first-order valence-corrected chi connectivity index (χ1v) is 10.5. The molecule has 11 heteroatoms. The van der Waals surface area contributed by atoms with Crippen LogP contribution in [0.1, 0.15) is 19.4 Å². The molecule has 0 unspecified atom stereocenters. The van der Waals surface area contributed by atoms with Gasteiger partial charge in [-0.1, -0.05) is 0 Å². The minimum atomic E-state index is -4.02. The fraction of sp³-hybridized carbons (Fsp3) is 0.368. The van der Waals surface area contributed by atoms with Crippen LogP contribution in [0.15, 0.2) is 53.7 Å². The second-order valence-electron chi connectivity index (χ2n) is 7.21. The summed E-state index contributed by atoms with van der Waals surface area (Å²) < 4.78 is 43.6. The van der Waals surface area contributed by atoms with E-state index in [1.165, 1.54) is 17.6 Å². The van der Waals surface area contributed by atoms with Gasteiger partial charge in [-0.15, -0.1) is 0 Å². The third kappa shape index (κ3) is 5.25. The van der Waals surface area contributed by atoms with Crippen LogP contribution in [0.2, 0.25) is 0 Å². The molecule has 162 valence electrons. The maximum Gasteiger partial charge on any atom is 0.432 e. The van der Waals surface area contributed by atoms with Crippen LogP contribution in [0.3, 0.4) is 0 Å². The summed E-state index contributed by atoms with van der Waals surface area (Å²) in [6.45, 7) is 3.56. The number of hydroxylamine groups is 1. The number of hydrogen-bond acceptors (Lipinski definition) is 8. The average Bonchev–Trinajstić information content (AvgIpc) is 2.74. The second-order valence-corrected chi connectivity index (χ2v) is 9.10. The smallest absolute Gasteiger partial charge is 0.432 e. The predicted molar refractivity (Wildman–Crippen MR) is 104 cm³/mol. The van der Waals surface area contributed by atoms with Gasteiger partial charge >= 0.3 is 6.09 Å². The Bertz CT molecular complexity index is 965. The van der Waals surface area contributed by atoms with Crippen molar-refractivity contribution in [1.29, 1.82) is 0 Å². The Labute approximate surface area is 174 Å². The number of nitrogens with one attached hydrogen (secondary N) is 1. The first kappa shape index (κ1) is 22.0. The highest BCUT2D eigenvalue weighted by Gasteiger charge is 2.43. The van der Waals surface area contributed by atoms with Crippen LogP contribution in [0.4, 0.5) is 4.79 Å². The van der Waals surface area contributed by atoms with E-state index in [1.54, 1.807) is 38.4 Å². The van der Waals surface area contributed by atoms with Crippen molar-refractivity contribution in [2.45, 2.75) is 37.2 Å². The first-order chi connectivity index (χ1) is 14.2. The van der Waals surface area contributed by atoms with Gasteiger partial charge in [0.25, 0.3) is 0 Å². The number of nitrogens with zero attached hydrogens (tertiary/aromatic N) is 2. The monoisotopic (exact) mass is 437 g/mol. The molecule has 0 radical (unpaired) electrons. The number of pyridine rings is 1. The number of carbonyl (C=O) groups excluding carboxylic acids is 1. The van der Waals surface area contributed by atoms with E-state index in [-0.39, 0.29) is 18.0 Å². The van der Waals surface area contributed by atoms with Gasteiger partial charge < -0.3 is 14.2 Å². The third-order valence-corrected chi connectivity index (χ3v) is 6.24. The highest BCUT2D eigenvalue weighted by atomic mass is 32.2. The summed E-state index contributed by atoms with van der Waals surface area (Å²) in [5.74, 6) is 0.500. The van der Waals surface area contributed by atoms with E-state index in [2.05, 4.69) is 4.98 Å². The molecule has 0 aliphatic carbocycles. The predicted octanol–water partition coefficient (Wildman–Crippen LogP) is 1.90. The van der Waals surface area contributed by atoms with E-state index in [9.17, 15) is 13.2 Å². The molecule has 30 heavy (non-hydrogen) atoms. The SMILES string of the molecule is CC1(C)CN(S(=O)(=O)c2ccc(OCc3ccncc3)cc2)[C@H](OC(=O)NO)CO1. The molecule has 1 aromatic carbocycles. The molecule has 0 spiro atoms. The Hall–Kier alpha value is -2.73. The molecule has 1 saturated heterocycles. The molecule has 1 atom stereocenters. The lowest BCUT2D eigenvalue weighted by Crippen LogP contribution is -2.57. The maximum absolute atomic E-state index is 13.2. The molecular formula is C19H23N3O7S. The molecule has 2 N–H and O–H groups in total. The summed E-state index contributed by atoms with van der Waals surface area (Å²) in [4.78, 5) is 15.3. The van der Waals surface area contributed by atoms with Gasteiger partial charge in [-0.3, -0.25) is 10.2 Å². The number of ether oxygens (including phenoxy) is 3. The largest absolute Gasteiger partial charge is 0.489 e. The minimum Gasteiger partial charge on any atom is -0.489 e. The van der Waals surface area contributed by atoms with Crippen molar-refractivity contribution < 1.29 is 32.6 Å². The Morgan fingerprint density at radius 3 is 2.57 bits per heavy atom. The third-order valence-electron chi connectivity index (χ3n) is 4.39. The molecular weight excluding hydrogens is 414 g/mol. The summed E-state index contributed by atoms with van der Waals surface area (Å²) in [5, 5.41) is 8.69. The minimum absolute atomic E-state index is 0.00877. The van der Waals surface area contributed by atoms with Crippen molar-refractivity contribution in [2.75, 3.05) is 13.2 Å². The first-order valence-electron chi connectivity index (χ1n) is 9.09. The van der Waals surface area contributed by atoms with Crippen LogP contribution in [0.25, 0.3) is 0 Å². The van der Waals surface area contributed by atoms with Gasteiger partial charge in [0.2, 0.25) is 10.0 Å². The molecule has 0 bridgehead atoms. The Morgan fingerprint density at radius 2 is 1.93 bits per heavy atom. The number of aromatic nitrogens is 1. The van der Waals surface area contributed by atoms with Gasteiger partial charge in [0.15, 0.2) is 6.23 Å². The number of hydrogen-bond donors (Lipinski definition) is 2. The lowest BCUT2D eigenvalue weighted by Gasteiger charge is -2.41. The van der Waals surface area contributed by atoms with Crippen LogP contribution in [0, 0.1) is 0 Å². The van der Waals surface area contributed by atoms with Crippen molar-refractivity contribution in [3.8, 4) is 5.75 Å². The second kappa shape index (κ2) is 8.96. The molecule has 1 aliphatic heterocycles. The highest BCUT2D eigenvalue weighted by molar-refractivity contribution is 7.89. The Kier molecular flexibility index (Phi) is 6.56. The fourth-order valence-corrected chi connectivity index (χ4v) is 4.52. The molecule has 0 saturated carbocycles. The average molecular weight is 437 g/mol. The van der Waals surface area contributed by atoms with E-state index < -0.39 is 27.9 Å². The van der Waals surface area contributed by atoms with Crippen LogP contribution < -0.4 is 10.2 Å². The Morgan fingerprint density at radius 1 is 1.27 bits per heavy atom. The van der Waals surface area contributed by atoms with Crippen molar-refractivity contribution in [1.82, 2.24) is 14.8 Å². The van der Waals surface area contributed by atoms with E-state index in [0.717, 1.165) is 9.87 Å². The molecule has 1 fully saturated rings. The van der Waals surface area contributed by atoms with Gasteiger partial charge in [0.1, 0.15) is 12.4 Å². The molecule has 3 rings (SSSR count). The summed E-state index contributed by atoms with van der Waals surface area (Å²) in [6, 6.07) is 9.58. The van der Waals surface area contributed by atoms with Crippen molar-refractivity contribution in [3.05, 3.63) is 54.4 Å². The lowest BCUT2D eigenvalue weighted by atomic mass is 10.1. The summed E-state index contributed by atoms with van der Waals surface area (Å²) >= 11 is 0. The zero-order valence-electron chi connectivity index (χ0n) is 16.5. The molecule has 2 aromatic rings. The zero-order chi connectivity index (χ0) is 21.8. The summed E-state index contributed by atoms with van der Waals surface area (Å²) in [6.07, 6.45) is 0.919. The van der Waals surface area contributed by atoms with Crippen molar-refractivity contribution >= 4 is 16.1 Å². The van der Waals surface area contributed by atoms with Crippen molar-refractivity contribution in [2.24, 2.45) is 0 Å². The zero-order valence-corrected chi connectivity index (χ0v) is 17.3. The van der Waals surface area contributed by atoms with Gasteiger partial charge in [-0.05, 0) is 55.8 Å². The fourth-order valence-electron chi connectivity index (χ4n) is 2.87. The van der Waals surface area contributed by atoms with Gasteiger partial charge in [0.05, 0.1) is 17.1 Å². The van der Waals surface area contributed by atoms with Crippen LogP contribution >= 0.6 is 0 Å². The van der Waals surface area contributed by atoms with E-state index >= 15 is 0 Å². The summed E-state index contributed by atoms with van der Waals surface area (Å²) in [7, 11) is -4.02. The number of amides is 1. The molecule has 1 aromatic heterocycles. The molecule has 1 amide bonds. The van der Waals surface area contributed by atoms with E-state index in [1.807, 2.05) is 12.1 Å². The van der Waals surface area contributed by atoms with E-state index in [4.69, 9.17) is 19.4 Å². The molecule has 10 nitrogen and oxygen atoms in total. The van der Waals surface area contributed by atoms with E-state index in [0.29, 0.717) is 12.4 Å². The van der Waals surface area contributed by atoms with Gasteiger partial charge in [0, 0.05) is 18.9 Å². The topological polar surface area (TPSA) is 127 Å². The van der Waals surface area contributed by atoms with Crippen LogP contribution in [-0.2, 0) is 26.1 Å². The number of carbonyl (C=O) groups is 1. The van der Waals surface area contributed by atoms with Crippen LogP contribution in [-0.4, -0.2) is 54.0 Å². The highest BCUT2D eigenvalue weighted by Crippen LogP contribution is 2.29. The van der Waals surface area contributed by atoms with Gasteiger partial charge in [-0.25, -0.2) is 18.7 Å². The molecule has 2 heterocycles. The number of benzene rings is 1. The lowest BCUT2D eigenvalue weighted by molar-refractivity contribution is -0.148. The molecule has 1 aliphatic rings. The van der Waals surface area contributed by atoms with Crippen LogP contribution in [0.5, 0.6) is 5.75 Å². The normalized spacial score (nSPS) is 19.1.